The maximum Gasteiger partial charge on any atom is 0.179 e. The monoisotopic (exact) mass is 264 g/mol. The number of ketones is 1. The highest BCUT2D eigenvalue weighted by atomic mass is 35.5. The summed E-state index contributed by atoms with van der Waals surface area (Å²) in [5.74, 6) is -1.78. The number of aryl methyl sites for hydroxylation is 1. The summed E-state index contributed by atoms with van der Waals surface area (Å²) in [6, 6.07) is 2.26. The van der Waals surface area contributed by atoms with Crippen molar-refractivity contribution in [2.75, 3.05) is 12.0 Å². The molecule has 0 heterocycles. The van der Waals surface area contributed by atoms with E-state index in [9.17, 15) is 17.6 Å². The quantitative estimate of drug-likeness (QED) is 0.785. The maximum absolute atomic E-state index is 13.0. The van der Waals surface area contributed by atoms with E-state index < -0.39 is 27.2 Å². The Balaban J connectivity index is 3.15. The van der Waals surface area contributed by atoms with Crippen molar-refractivity contribution in [2.45, 2.75) is 6.92 Å². The molecule has 0 N–H and O–H groups in total. The van der Waals surface area contributed by atoms with Gasteiger partial charge in [0.2, 0.25) is 0 Å². The summed E-state index contributed by atoms with van der Waals surface area (Å²) in [4.78, 5) is 11.6. The Kier molecular flexibility index (Phi) is 3.70. The zero-order valence-corrected chi connectivity index (χ0v) is 10.3. The molecule has 0 aromatic heterocycles. The fraction of sp³-hybridized carbons (Fsp3) is 0.300. The minimum Gasteiger partial charge on any atom is -0.293 e. The van der Waals surface area contributed by atoms with E-state index in [1.807, 2.05) is 0 Å². The molecule has 0 spiro atoms. The summed E-state index contributed by atoms with van der Waals surface area (Å²) in [6.45, 7) is 1.48. The highest BCUT2D eigenvalue weighted by Crippen LogP contribution is 2.21. The van der Waals surface area contributed by atoms with Crippen LogP contribution in [0.15, 0.2) is 12.1 Å². The zero-order valence-electron chi connectivity index (χ0n) is 8.75. The lowest BCUT2D eigenvalue weighted by atomic mass is 10.1. The van der Waals surface area contributed by atoms with Gasteiger partial charge >= 0.3 is 0 Å². The first-order valence-corrected chi connectivity index (χ1v) is 6.81. The lowest BCUT2D eigenvalue weighted by Crippen LogP contribution is -2.15. The molecule has 0 atom stereocenters. The molecule has 1 rings (SSSR count). The Labute approximate surface area is 98.1 Å². The lowest BCUT2D eigenvalue weighted by Gasteiger charge is -2.05. The van der Waals surface area contributed by atoms with E-state index in [-0.39, 0.29) is 16.1 Å². The largest absolute Gasteiger partial charge is 0.293 e. The molecule has 0 aliphatic carbocycles. The third-order valence-electron chi connectivity index (χ3n) is 1.94. The van der Waals surface area contributed by atoms with Gasteiger partial charge in [0.15, 0.2) is 15.6 Å². The van der Waals surface area contributed by atoms with Gasteiger partial charge in [-0.15, -0.1) is 0 Å². The Morgan fingerprint density at radius 2 is 2.00 bits per heavy atom. The average molecular weight is 265 g/mol. The van der Waals surface area contributed by atoms with Gasteiger partial charge in [0.05, 0.1) is 5.02 Å². The smallest absolute Gasteiger partial charge is 0.179 e. The normalized spacial score (nSPS) is 11.5. The molecule has 0 saturated heterocycles. The van der Waals surface area contributed by atoms with Crippen molar-refractivity contribution in [3.63, 3.8) is 0 Å². The zero-order chi connectivity index (χ0) is 12.5. The summed E-state index contributed by atoms with van der Waals surface area (Å²) >= 11 is 5.67. The van der Waals surface area contributed by atoms with E-state index in [2.05, 4.69) is 0 Å². The Morgan fingerprint density at radius 1 is 1.44 bits per heavy atom. The van der Waals surface area contributed by atoms with Crippen LogP contribution in [0.25, 0.3) is 0 Å². The number of Topliss-reactive ketones (excluding diaryl/α,β-unsaturated/α-hetero) is 1. The third-order valence-corrected chi connectivity index (χ3v) is 3.04. The predicted octanol–water partition coefficient (Wildman–Crippen LogP) is 2.01. The van der Waals surface area contributed by atoms with Crippen LogP contribution in [-0.2, 0) is 9.84 Å². The molecule has 0 aliphatic heterocycles. The molecular formula is C10H10ClFO3S. The van der Waals surface area contributed by atoms with Crippen molar-refractivity contribution < 1.29 is 17.6 Å². The number of carbonyl (C=O) groups is 1. The van der Waals surface area contributed by atoms with Gasteiger partial charge in [0, 0.05) is 11.8 Å². The van der Waals surface area contributed by atoms with Gasteiger partial charge in [-0.2, -0.15) is 0 Å². The fourth-order valence-corrected chi connectivity index (χ4v) is 2.07. The van der Waals surface area contributed by atoms with E-state index in [0.717, 1.165) is 12.3 Å². The first-order valence-electron chi connectivity index (χ1n) is 4.37. The number of benzene rings is 1. The molecule has 0 aliphatic rings. The number of carbonyl (C=O) groups excluding carboxylic acids is 1. The molecule has 88 valence electrons. The average Bonchev–Trinajstić information content (AvgIpc) is 2.08. The van der Waals surface area contributed by atoms with Crippen molar-refractivity contribution in [1.82, 2.24) is 0 Å². The molecule has 0 saturated carbocycles. The molecule has 0 amide bonds. The third kappa shape index (κ3) is 3.28. The molecule has 16 heavy (non-hydrogen) atoms. The topological polar surface area (TPSA) is 51.2 Å². The number of halogens is 2. The standard InChI is InChI=1S/C10H10ClFO3S/c1-6-3-7(8(11)4-9(6)12)10(13)5-16(2,14)15/h3-4H,5H2,1-2H3. The molecule has 6 heteroatoms. The summed E-state index contributed by atoms with van der Waals surface area (Å²) in [6.07, 6.45) is 0.954. The maximum atomic E-state index is 13.0. The van der Waals surface area contributed by atoms with Crippen molar-refractivity contribution in [2.24, 2.45) is 0 Å². The fourth-order valence-electron chi connectivity index (χ4n) is 1.19. The van der Waals surface area contributed by atoms with Crippen LogP contribution in [0.2, 0.25) is 5.02 Å². The van der Waals surface area contributed by atoms with Gasteiger partial charge in [0.25, 0.3) is 0 Å². The van der Waals surface area contributed by atoms with Crippen LogP contribution in [0.1, 0.15) is 15.9 Å². The molecule has 0 fully saturated rings. The molecule has 0 bridgehead atoms. The molecule has 1 aromatic rings. The van der Waals surface area contributed by atoms with Crippen molar-refractivity contribution in [3.8, 4) is 0 Å². The molecular weight excluding hydrogens is 255 g/mol. The molecule has 0 radical (unpaired) electrons. The highest BCUT2D eigenvalue weighted by molar-refractivity contribution is 7.91. The minimum absolute atomic E-state index is 0.0333. The van der Waals surface area contributed by atoms with Crippen LogP contribution in [0.4, 0.5) is 4.39 Å². The van der Waals surface area contributed by atoms with Gasteiger partial charge in [0.1, 0.15) is 11.6 Å². The number of hydrogen-bond acceptors (Lipinski definition) is 3. The van der Waals surface area contributed by atoms with Crippen LogP contribution in [0.5, 0.6) is 0 Å². The summed E-state index contributed by atoms with van der Waals surface area (Å²) in [7, 11) is -3.41. The Bertz CT molecular complexity index is 537. The number of sulfone groups is 1. The van der Waals surface area contributed by atoms with E-state index in [1.165, 1.54) is 13.0 Å². The number of rotatable bonds is 3. The van der Waals surface area contributed by atoms with Crippen molar-refractivity contribution in [3.05, 3.63) is 34.1 Å². The van der Waals surface area contributed by atoms with Crippen LogP contribution in [0.3, 0.4) is 0 Å². The van der Waals surface area contributed by atoms with E-state index in [4.69, 9.17) is 11.6 Å². The van der Waals surface area contributed by atoms with Crippen LogP contribution in [0, 0.1) is 12.7 Å². The van der Waals surface area contributed by atoms with Gasteiger partial charge in [-0.25, -0.2) is 12.8 Å². The Hall–Kier alpha value is -0.940. The van der Waals surface area contributed by atoms with Crippen LogP contribution >= 0.6 is 11.6 Å². The Morgan fingerprint density at radius 3 is 2.50 bits per heavy atom. The van der Waals surface area contributed by atoms with Gasteiger partial charge in [-0.05, 0) is 24.6 Å². The molecule has 0 unspecified atom stereocenters. The predicted molar refractivity (Wildman–Crippen MR) is 60.2 cm³/mol. The number of hydrogen-bond donors (Lipinski definition) is 0. The minimum atomic E-state index is -3.41. The van der Waals surface area contributed by atoms with Gasteiger partial charge in [-0.1, -0.05) is 11.6 Å². The summed E-state index contributed by atoms with van der Waals surface area (Å²) < 4.78 is 34.9. The highest BCUT2D eigenvalue weighted by Gasteiger charge is 2.17. The van der Waals surface area contributed by atoms with E-state index >= 15 is 0 Å². The van der Waals surface area contributed by atoms with Crippen molar-refractivity contribution >= 4 is 27.2 Å². The van der Waals surface area contributed by atoms with Gasteiger partial charge < -0.3 is 0 Å². The SMILES string of the molecule is Cc1cc(C(=O)CS(C)(=O)=O)c(Cl)cc1F. The first-order chi connectivity index (χ1) is 7.20. The van der Waals surface area contributed by atoms with E-state index in [0.29, 0.717) is 0 Å². The first kappa shape index (κ1) is 13.1. The summed E-state index contributed by atoms with van der Waals surface area (Å²) in [5.41, 5.74) is 0.284. The van der Waals surface area contributed by atoms with Crippen molar-refractivity contribution in [1.29, 1.82) is 0 Å². The second-order valence-corrected chi connectivity index (χ2v) is 6.12. The molecule has 3 nitrogen and oxygen atoms in total. The van der Waals surface area contributed by atoms with Crippen LogP contribution in [-0.4, -0.2) is 26.2 Å². The van der Waals surface area contributed by atoms with Crippen LogP contribution < -0.4 is 0 Å². The second kappa shape index (κ2) is 4.51. The van der Waals surface area contributed by atoms with E-state index in [1.54, 1.807) is 0 Å². The second-order valence-electron chi connectivity index (χ2n) is 3.57. The van der Waals surface area contributed by atoms with Gasteiger partial charge in [-0.3, -0.25) is 4.79 Å². The lowest BCUT2D eigenvalue weighted by molar-refractivity contribution is 0.102. The molecule has 1 aromatic carbocycles. The summed E-state index contributed by atoms with van der Waals surface area (Å²) in [5, 5.41) is -0.0725.